The van der Waals surface area contributed by atoms with Crippen LogP contribution in [-0.2, 0) is 4.74 Å². The molecule has 0 fully saturated rings. The fraction of sp³-hybridized carbons (Fsp3) is 0.167. The van der Waals surface area contributed by atoms with Gasteiger partial charge in [0, 0.05) is 5.56 Å². The second kappa shape index (κ2) is 4.83. The van der Waals surface area contributed by atoms with Crippen LogP contribution in [0.3, 0.4) is 0 Å². The molecule has 0 atom stereocenters. The maximum atomic E-state index is 8.73. The number of rotatable bonds is 2. The van der Waals surface area contributed by atoms with Crippen LogP contribution in [0.1, 0.15) is 11.1 Å². The third-order valence-electron chi connectivity index (χ3n) is 1.97. The lowest BCUT2D eigenvalue weighted by atomic mass is 10.1. The maximum absolute atomic E-state index is 8.73. The summed E-state index contributed by atoms with van der Waals surface area (Å²) in [4.78, 5) is 0. The predicted molar refractivity (Wildman–Crippen MR) is 56.3 cm³/mol. The van der Waals surface area contributed by atoms with E-state index in [4.69, 9.17) is 15.3 Å². The molecule has 0 N–H and O–H groups in total. The summed E-state index contributed by atoms with van der Waals surface area (Å²) in [5.41, 5.74) is 1.84. The highest BCUT2D eigenvalue weighted by Crippen LogP contribution is 2.19. The van der Waals surface area contributed by atoms with E-state index in [0.717, 1.165) is 11.1 Å². The SMILES string of the molecule is COC(=C(C#N)C#N)c1ccc(C)cc1. The van der Waals surface area contributed by atoms with Gasteiger partial charge in [0.25, 0.3) is 0 Å². The number of allylic oxidation sites excluding steroid dienone is 1. The zero-order chi connectivity index (χ0) is 11.3. The van der Waals surface area contributed by atoms with E-state index in [2.05, 4.69) is 0 Å². The van der Waals surface area contributed by atoms with Crippen LogP contribution in [0.2, 0.25) is 0 Å². The number of benzene rings is 1. The van der Waals surface area contributed by atoms with Gasteiger partial charge in [0.15, 0.2) is 11.3 Å². The smallest absolute Gasteiger partial charge is 0.172 e. The van der Waals surface area contributed by atoms with E-state index >= 15 is 0 Å². The zero-order valence-corrected chi connectivity index (χ0v) is 8.61. The molecule has 0 spiro atoms. The number of aryl methyl sites for hydroxylation is 1. The summed E-state index contributed by atoms with van der Waals surface area (Å²) in [5.74, 6) is 0.319. The molecular formula is C12H10N2O. The Hall–Kier alpha value is -2.26. The molecule has 74 valence electrons. The fourth-order valence-corrected chi connectivity index (χ4v) is 1.20. The van der Waals surface area contributed by atoms with Gasteiger partial charge in [0.2, 0.25) is 0 Å². The number of nitrogens with zero attached hydrogens (tertiary/aromatic N) is 2. The Kier molecular flexibility index (Phi) is 3.49. The van der Waals surface area contributed by atoms with E-state index in [-0.39, 0.29) is 5.57 Å². The normalized spacial score (nSPS) is 8.53. The van der Waals surface area contributed by atoms with Crippen LogP contribution in [0.4, 0.5) is 0 Å². The molecule has 0 aromatic heterocycles. The number of hydrogen-bond donors (Lipinski definition) is 0. The molecule has 0 amide bonds. The Balaban J connectivity index is 3.27. The highest BCUT2D eigenvalue weighted by Gasteiger charge is 2.08. The van der Waals surface area contributed by atoms with Gasteiger partial charge in [-0.05, 0) is 6.92 Å². The van der Waals surface area contributed by atoms with Crippen molar-refractivity contribution in [3.05, 3.63) is 41.0 Å². The largest absolute Gasteiger partial charge is 0.494 e. The molecule has 1 rings (SSSR count). The van der Waals surface area contributed by atoms with Gasteiger partial charge in [-0.15, -0.1) is 0 Å². The summed E-state index contributed by atoms with van der Waals surface area (Å²) in [6, 6.07) is 11.1. The van der Waals surface area contributed by atoms with Crippen LogP contribution in [0.5, 0.6) is 0 Å². The molecule has 0 heterocycles. The van der Waals surface area contributed by atoms with Gasteiger partial charge in [-0.3, -0.25) is 0 Å². The Labute approximate surface area is 88.8 Å². The molecule has 0 aliphatic heterocycles. The van der Waals surface area contributed by atoms with Crippen LogP contribution in [-0.4, -0.2) is 7.11 Å². The van der Waals surface area contributed by atoms with Gasteiger partial charge >= 0.3 is 0 Å². The van der Waals surface area contributed by atoms with E-state index in [0.29, 0.717) is 5.76 Å². The summed E-state index contributed by atoms with van der Waals surface area (Å²) in [5, 5.41) is 17.5. The lowest BCUT2D eigenvalue weighted by molar-refractivity contribution is 0.369. The van der Waals surface area contributed by atoms with Crippen molar-refractivity contribution >= 4 is 5.76 Å². The first kappa shape index (κ1) is 10.8. The van der Waals surface area contributed by atoms with Gasteiger partial charge in [-0.1, -0.05) is 29.8 Å². The Morgan fingerprint density at radius 2 is 1.67 bits per heavy atom. The lowest BCUT2D eigenvalue weighted by Crippen LogP contribution is -1.91. The van der Waals surface area contributed by atoms with Crippen molar-refractivity contribution in [2.45, 2.75) is 6.92 Å². The summed E-state index contributed by atoms with van der Waals surface area (Å²) < 4.78 is 5.05. The summed E-state index contributed by atoms with van der Waals surface area (Å²) in [6.07, 6.45) is 0. The minimum atomic E-state index is -0.0126. The first-order valence-corrected chi connectivity index (χ1v) is 4.38. The van der Waals surface area contributed by atoms with Crippen molar-refractivity contribution in [1.82, 2.24) is 0 Å². The summed E-state index contributed by atoms with van der Waals surface area (Å²) in [6.45, 7) is 1.97. The first-order chi connectivity index (χ1) is 7.22. The molecule has 0 radical (unpaired) electrons. The molecule has 1 aromatic carbocycles. The van der Waals surface area contributed by atoms with Crippen molar-refractivity contribution in [2.24, 2.45) is 0 Å². The molecule has 15 heavy (non-hydrogen) atoms. The van der Waals surface area contributed by atoms with Gasteiger partial charge in [0.1, 0.15) is 12.1 Å². The van der Waals surface area contributed by atoms with Crippen LogP contribution >= 0.6 is 0 Å². The molecular weight excluding hydrogens is 188 g/mol. The van der Waals surface area contributed by atoms with Gasteiger partial charge in [-0.2, -0.15) is 10.5 Å². The third kappa shape index (κ3) is 2.36. The van der Waals surface area contributed by atoms with Crippen LogP contribution in [0, 0.1) is 29.6 Å². The molecule has 0 bridgehead atoms. The minimum Gasteiger partial charge on any atom is -0.494 e. The monoisotopic (exact) mass is 198 g/mol. The second-order valence-corrected chi connectivity index (χ2v) is 3.00. The quantitative estimate of drug-likeness (QED) is 0.541. The van der Waals surface area contributed by atoms with E-state index in [1.165, 1.54) is 7.11 Å². The third-order valence-corrected chi connectivity index (χ3v) is 1.97. The lowest BCUT2D eigenvalue weighted by Gasteiger charge is -2.05. The van der Waals surface area contributed by atoms with E-state index in [9.17, 15) is 0 Å². The second-order valence-electron chi connectivity index (χ2n) is 3.00. The molecule has 0 aliphatic carbocycles. The van der Waals surface area contributed by atoms with Crippen molar-refractivity contribution in [3.8, 4) is 12.1 Å². The number of ether oxygens (including phenoxy) is 1. The van der Waals surface area contributed by atoms with Crippen molar-refractivity contribution in [2.75, 3.05) is 7.11 Å². The van der Waals surface area contributed by atoms with Crippen molar-refractivity contribution in [3.63, 3.8) is 0 Å². The minimum absolute atomic E-state index is 0.0126. The number of methoxy groups -OCH3 is 1. The summed E-state index contributed by atoms with van der Waals surface area (Å²) >= 11 is 0. The molecule has 0 saturated heterocycles. The highest BCUT2D eigenvalue weighted by atomic mass is 16.5. The highest BCUT2D eigenvalue weighted by molar-refractivity contribution is 5.70. The van der Waals surface area contributed by atoms with Gasteiger partial charge in [0.05, 0.1) is 7.11 Å². The number of nitriles is 2. The zero-order valence-electron chi connectivity index (χ0n) is 8.61. The van der Waals surface area contributed by atoms with Gasteiger partial charge < -0.3 is 4.74 Å². The van der Waals surface area contributed by atoms with Crippen LogP contribution in [0.25, 0.3) is 5.76 Å². The number of hydrogen-bond acceptors (Lipinski definition) is 3. The predicted octanol–water partition coefficient (Wildman–Crippen LogP) is 2.40. The average Bonchev–Trinajstić information content (AvgIpc) is 2.27. The standard InChI is InChI=1S/C12H10N2O/c1-9-3-5-10(6-4-9)12(15-2)11(7-13)8-14/h3-6H,1-2H3. The Bertz CT molecular complexity index is 442. The van der Waals surface area contributed by atoms with E-state index in [1.807, 2.05) is 43.3 Å². The molecule has 0 unspecified atom stereocenters. The summed E-state index contributed by atoms with van der Waals surface area (Å²) in [7, 11) is 1.45. The Morgan fingerprint density at radius 1 is 1.13 bits per heavy atom. The Morgan fingerprint density at radius 3 is 2.07 bits per heavy atom. The van der Waals surface area contributed by atoms with Crippen molar-refractivity contribution < 1.29 is 4.74 Å². The van der Waals surface area contributed by atoms with Gasteiger partial charge in [-0.25, -0.2) is 0 Å². The van der Waals surface area contributed by atoms with Crippen molar-refractivity contribution in [1.29, 1.82) is 10.5 Å². The average molecular weight is 198 g/mol. The fourth-order valence-electron chi connectivity index (χ4n) is 1.20. The van der Waals surface area contributed by atoms with Crippen LogP contribution in [0.15, 0.2) is 29.8 Å². The maximum Gasteiger partial charge on any atom is 0.172 e. The molecule has 3 nitrogen and oxygen atoms in total. The molecule has 0 saturated carbocycles. The topological polar surface area (TPSA) is 56.8 Å². The molecule has 3 heteroatoms. The molecule has 0 aliphatic rings. The molecule has 1 aromatic rings. The van der Waals surface area contributed by atoms with E-state index < -0.39 is 0 Å². The first-order valence-electron chi connectivity index (χ1n) is 4.38. The van der Waals surface area contributed by atoms with E-state index in [1.54, 1.807) is 0 Å². The van der Waals surface area contributed by atoms with Crippen LogP contribution < -0.4 is 0 Å².